The van der Waals surface area contributed by atoms with Gasteiger partial charge in [0.05, 0.1) is 6.61 Å². The fraction of sp³-hybridized carbons (Fsp3) is 1.00. The molecule has 1 heterocycles. The van der Waals surface area contributed by atoms with Crippen LogP contribution in [-0.2, 0) is 0 Å². The lowest BCUT2D eigenvalue weighted by Crippen LogP contribution is -2.53. The summed E-state index contributed by atoms with van der Waals surface area (Å²) >= 11 is 0. The second-order valence-electron chi connectivity index (χ2n) is 3.85. The standard InChI is InChI=1S/C10H21NO/c1-3-5-9-6-11(7-9)10(4-2)8-12/h9-10,12H,3-8H2,1-2H3/t10-/m1/s1. The molecule has 0 aromatic heterocycles. The summed E-state index contributed by atoms with van der Waals surface area (Å²) in [6.45, 7) is 7.15. The fourth-order valence-corrected chi connectivity index (χ4v) is 2.00. The number of rotatable bonds is 5. The molecule has 0 unspecified atom stereocenters. The van der Waals surface area contributed by atoms with E-state index in [4.69, 9.17) is 5.11 Å². The van der Waals surface area contributed by atoms with Crippen LogP contribution in [0.4, 0.5) is 0 Å². The fourth-order valence-electron chi connectivity index (χ4n) is 2.00. The summed E-state index contributed by atoms with van der Waals surface area (Å²) in [6, 6.07) is 0.429. The van der Waals surface area contributed by atoms with Crippen molar-refractivity contribution in [2.45, 2.75) is 39.2 Å². The Balaban J connectivity index is 2.14. The molecule has 1 aliphatic rings. The van der Waals surface area contributed by atoms with Gasteiger partial charge in [-0.2, -0.15) is 0 Å². The molecular formula is C10H21NO. The van der Waals surface area contributed by atoms with Crippen LogP contribution in [0.25, 0.3) is 0 Å². The number of likely N-dealkylation sites (tertiary alicyclic amines) is 1. The Morgan fingerprint density at radius 2 is 2.08 bits per heavy atom. The van der Waals surface area contributed by atoms with Crippen molar-refractivity contribution in [2.75, 3.05) is 19.7 Å². The van der Waals surface area contributed by atoms with E-state index in [-0.39, 0.29) is 0 Å². The van der Waals surface area contributed by atoms with Crippen LogP contribution in [0, 0.1) is 5.92 Å². The Hall–Kier alpha value is -0.0800. The van der Waals surface area contributed by atoms with E-state index >= 15 is 0 Å². The maximum absolute atomic E-state index is 9.04. The third-order valence-electron chi connectivity index (χ3n) is 2.88. The van der Waals surface area contributed by atoms with Crippen LogP contribution in [0.5, 0.6) is 0 Å². The smallest absolute Gasteiger partial charge is 0.0586 e. The average molecular weight is 171 g/mol. The van der Waals surface area contributed by atoms with Gasteiger partial charge in [-0.15, -0.1) is 0 Å². The molecule has 2 nitrogen and oxygen atoms in total. The van der Waals surface area contributed by atoms with Crippen LogP contribution < -0.4 is 0 Å². The number of hydrogen-bond acceptors (Lipinski definition) is 2. The molecule has 2 heteroatoms. The molecule has 72 valence electrons. The molecule has 12 heavy (non-hydrogen) atoms. The van der Waals surface area contributed by atoms with Gasteiger partial charge in [0.2, 0.25) is 0 Å². The molecule has 0 saturated carbocycles. The van der Waals surface area contributed by atoms with E-state index in [2.05, 4.69) is 18.7 Å². The average Bonchev–Trinajstić information content (AvgIpc) is 2.02. The third kappa shape index (κ3) is 2.20. The first-order chi connectivity index (χ1) is 5.81. The largest absolute Gasteiger partial charge is 0.395 e. The summed E-state index contributed by atoms with van der Waals surface area (Å²) in [6.07, 6.45) is 3.74. The Kier molecular flexibility index (Phi) is 4.02. The summed E-state index contributed by atoms with van der Waals surface area (Å²) in [5.41, 5.74) is 0. The lowest BCUT2D eigenvalue weighted by Gasteiger charge is -2.43. The van der Waals surface area contributed by atoms with Gasteiger partial charge in [-0.05, 0) is 18.8 Å². The molecule has 0 aromatic rings. The quantitative estimate of drug-likeness (QED) is 0.677. The van der Waals surface area contributed by atoms with E-state index in [0.717, 1.165) is 12.3 Å². The molecule has 1 rings (SSSR count). The minimum atomic E-state index is 0.329. The highest BCUT2D eigenvalue weighted by molar-refractivity contribution is 4.84. The highest BCUT2D eigenvalue weighted by atomic mass is 16.3. The molecule has 1 atom stereocenters. The van der Waals surface area contributed by atoms with Crippen LogP contribution in [0.15, 0.2) is 0 Å². The zero-order chi connectivity index (χ0) is 8.97. The minimum absolute atomic E-state index is 0.329. The van der Waals surface area contributed by atoms with Gasteiger partial charge >= 0.3 is 0 Å². The van der Waals surface area contributed by atoms with E-state index < -0.39 is 0 Å². The van der Waals surface area contributed by atoms with Crippen molar-refractivity contribution >= 4 is 0 Å². The molecule has 1 saturated heterocycles. The summed E-state index contributed by atoms with van der Waals surface area (Å²) < 4.78 is 0. The number of aliphatic hydroxyl groups excluding tert-OH is 1. The second kappa shape index (κ2) is 4.83. The van der Waals surface area contributed by atoms with E-state index in [1.807, 2.05) is 0 Å². The van der Waals surface area contributed by atoms with Gasteiger partial charge < -0.3 is 5.11 Å². The van der Waals surface area contributed by atoms with Crippen molar-refractivity contribution in [3.05, 3.63) is 0 Å². The first kappa shape index (κ1) is 10.0. The van der Waals surface area contributed by atoms with Gasteiger partial charge in [0.25, 0.3) is 0 Å². The summed E-state index contributed by atoms with van der Waals surface area (Å²) in [4.78, 5) is 2.40. The van der Waals surface area contributed by atoms with Crippen molar-refractivity contribution in [2.24, 2.45) is 5.92 Å². The van der Waals surface area contributed by atoms with Gasteiger partial charge in [0.1, 0.15) is 0 Å². The third-order valence-corrected chi connectivity index (χ3v) is 2.88. The monoisotopic (exact) mass is 171 g/mol. The Morgan fingerprint density at radius 3 is 2.50 bits per heavy atom. The highest BCUT2D eigenvalue weighted by Crippen LogP contribution is 2.23. The second-order valence-corrected chi connectivity index (χ2v) is 3.85. The van der Waals surface area contributed by atoms with Crippen LogP contribution in [0.1, 0.15) is 33.1 Å². The van der Waals surface area contributed by atoms with Crippen LogP contribution in [-0.4, -0.2) is 35.7 Å². The van der Waals surface area contributed by atoms with Crippen LogP contribution >= 0.6 is 0 Å². The molecule has 0 amide bonds. The molecule has 0 spiro atoms. The maximum Gasteiger partial charge on any atom is 0.0586 e. The van der Waals surface area contributed by atoms with Gasteiger partial charge in [0, 0.05) is 19.1 Å². The van der Waals surface area contributed by atoms with Gasteiger partial charge in [0.15, 0.2) is 0 Å². The van der Waals surface area contributed by atoms with E-state index in [9.17, 15) is 0 Å². The van der Waals surface area contributed by atoms with Crippen molar-refractivity contribution in [1.29, 1.82) is 0 Å². The lowest BCUT2D eigenvalue weighted by molar-refractivity contribution is 0.0189. The van der Waals surface area contributed by atoms with E-state index in [1.165, 1.54) is 25.9 Å². The molecule has 1 N–H and O–H groups in total. The Bertz CT molecular complexity index is 117. The van der Waals surface area contributed by atoms with E-state index in [1.54, 1.807) is 0 Å². The number of hydrogen-bond donors (Lipinski definition) is 1. The molecule has 0 bridgehead atoms. The zero-order valence-electron chi connectivity index (χ0n) is 8.29. The Morgan fingerprint density at radius 1 is 1.42 bits per heavy atom. The number of nitrogens with zero attached hydrogens (tertiary/aromatic N) is 1. The lowest BCUT2D eigenvalue weighted by atomic mass is 9.93. The van der Waals surface area contributed by atoms with Crippen molar-refractivity contribution in [1.82, 2.24) is 4.90 Å². The molecule has 1 fully saturated rings. The Labute approximate surface area is 75.6 Å². The predicted molar refractivity (Wildman–Crippen MR) is 51.1 cm³/mol. The van der Waals surface area contributed by atoms with Gasteiger partial charge in [-0.25, -0.2) is 0 Å². The SMILES string of the molecule is CCCC1CN([C@H](CC)CO)C1. The van der Waals surface area contributed by atoms with Crippen molar-refractivity contribution in [3.8, 4) is 0 Å². The minimum Gasteiger partial charge on any atom is -0.395 e. The molecule has 0 radical (unpaired) electrons. The summed E-state index contributed by atoms with van der Waals surface area (Å²) in [5.74, 6) is 0.913. The zero-order valence-corrected chi connectivity index (χ0v) is 8.29. The molecular weight excluding hydrogens is 150 g/mol. The van der Waals surface area contributed by atoms with Crippen molar-refractivity contribution in [3.63, 3.8) is 0 Å². The van der Waals surface area contributed by atoms with Crippen LogP contribution in [0.3, 0.4) is 0 Å². The maximum atomic E-state index is 9.04. The first-order valence-corrected chi connectivity index (χ1v) is 5.16. The van der Waals surface area contributed by atoms with Crippen molar-refractivity contribution < 1.29 is 5.11 Å². The van der Waals surface area contributed by atoms with E-state index in [0.29, 0.717) is 12.6 Å². The van der Waals surface area contributed by atoms with Gasteiger partial charge in [-0.1, -0.05) is 20.3 Å². The molecule has 0 aliphatic carbocycles. The summed E-state index contributed by atoms with van der Waals surface area (Å²) in [5, 5.41) is 9.04. The van der Waals surface area contributed by atoms with Crippen LogP contribution in [0.2, 0.25) is 0 Å². The van der Waals surface area contributed by atoms with Gasteiger partial charge in [-0.3, -0.25) is 4.90 Å². The predicted octanol–water partition coefficient (Wildman–Crippen LogP) is 1.49. The highest BCUT2D eigenvalue weighted by Gasteiger charge is 2.29. The molecule has 0 aromatic carbocycles. The first-order valence-electron chi connectivity index (χ1n) is 5.16. The summed E-state index contributed by atoms with van der Waals surface area (Å²) in [7, 11) is 0. The normalized spacial score (nSPS) is 22.2. The topological polar surface area (TPSA) is 23.5 Å². The molecule has 1 aliphatic heterocycles. The number of aliphatic hydroxyl groups is 1.